The van der Waals surface area contributed by atoms with Crippen molar-refractivity contribution in [3.63, 3.8) is 0 Å². The number of hydrogen-bond acceptors (Lipinski definition) is 3. The Hall–Kier alpha value is -2.27. The second-order valence-electron chi connectivity index (χ2n) is 6.38. The van der Waals surface area contributed by atoms with Gasteiger partial charge in [-0.1, -0.05) is 31.2 Å². The third kappa shape index (κ3) is 3.87. The predicted molar refractivity (Wildman–Crippen MR) is 103 cm³/mol. The highest BCUT2D eigenvalue weighted by Crippen LogP contribution is 2.37. The molecule has 0 aromatic heterocycles. The molecule has 4 nitrogen and oxygen atoms in total. The maximum atomic E-state index is 12.6. The maximum Gasteiger partial charge on any atom is 0.244 e. The van der Waals surface area contributed by atoms with Crippen molar-refractivity contribution in [2.45, 2.75) is 37.3 Å². The summed E-state index contributed by atoms with van der Waals surface area (Å²) in [5, 5.41) is 3.14. The quantitative estimate of drug-likeness (QED) is 0.900. The van der Waals surface area contributed by atoms with Gasteiger partial charge < -0.3 is 10.2 Å². The molecule has 1 atom stereocenters. The fraction of sp³-hybridized carbons (Fsp3) is 0.300. The zero-order chi connectivity index (χ0) is 18.0. The zero-order valence-corrected chi connectivity index (χ0v) is 15.5. The molecule has 2 aromatic carbocycles. The Kier molecular flexibility index (Phi) is 5.13. The van der Waals surface area contributed by atoms with Crippen molar-refractivity contribution < 1.29 is 9.59 Å². The van der Waals surface area contributed by atoms with Gasteiger partial charge >= 0.3 is 0 Å². The number of carbonyl (C=O) groups is 2. The van der Waals surface area contributed by atoms with Crippen LogP contribution < -0.4 is 10.2 Å². The molecule has 5 heteroatoms. The van der Waals surface area contributed by atoms with Crippen LogP contribution in [-0.4, -0.2) is 23.6 Å². The highest BCUT2D eigenvalue weighted by Gasteiger charge is 2.27. The lowest BCUT2D eigenvalue weighted by Crippen LogP contribution is -2.38. The summed E-state index contributed by atoms with van der Waals surface area (Å²) in [6.07, 6.45) is 0.427. The lowest BCUT2D eigenvalue weighted by Gasteiger charge is -2.22. The van der Waals surface area contributed by atoms with E-state index < -0.39 is 0 Å². The first kappa shape index (κ1) is 17.5. The molecule has 0 bridgehead atoms. The fourth-order valence-corrected chi connectivity index (χ4v) is 4.04. The fourth-order valence-electron chi connectivity index (χ4n) is 2.92. The minimum absolute atomic E-state index is 0.0129. The average Bonchev–Trinajstić information content (AvgIpc) is 2.68. The molecular formula is C20H22N2O2S. The molecule has 130 valence electrons. The first-order valence-corrected chi connectivity index (χ1v) is 9.26. The van der Waals surface area contributed by atoms with Crippen molar-refractivity contribution in [1.82, 2.24) is 0 Å². The first-order chi connectivity index (χ1) is 12.0. The Morgan fingerprint density at radius 1 is 1.20 bits per heavy atom. The lowest BCUT2D eigenvalue weighted by molar-refractivity contribution is -0.121. The number of carbonyl (C=O) groups excluding carboxylic acids is 2. The molecule has 25 heavy (non-hydrogen) atoms. The van der Waals surface area contributed by atoms with E-state index in [0.29, 0.717) is 6.42 Å². The molecule has 0 saturated heterocycles. The van der Waals surface area contributed by atoms with E-state index in [1.807, 2.05) is 63.2 Å². The Bertz CT molecular complexity index is 819. The molecule has 2 amide bonds. The smallest absolute Gasteiger partial charge is 0.244 e. The number of fused-ring (bicyclic) bond motifs is 1. The van der Waals surface area contributed by atoms with E-state index >= 15 is 0 Å². The number of amides is 2. The summed E-state index contributed by atoms with van der Waals surface area (Å²) in [6.45, 7) is 6.06. The van der Waals surface area contributed by atoms with E-state index in [4.69, 9.17) is 0 Å². The molecule has 0 fully saturated rings. The van der Waals surface area contributed by atoms with Crippen LogP contribution in [0, 0.1) is 13.8 Å². The summed E-state index contributed by atoms with van der Waals surface area (Å²) in [5.74, 6) is -0.197. The molecule has 2 aromatic rings. The molecule has 1 heterocycles. The van der Waals surface area contributed by atoms with Crippen LogP contribution in [0.4, 0.5) is 11.4 Å². The Morgan fingerprint density at radius 2 is 1.96 bits per heavy atom. The summed E-state index contributed by atoms with van der Waals surface area (Å²) in [6, 6.07) is 13.6. The number of rotatable bonds is 3. The van der Waals surface area contributed by atoms with Crippen LogP contribution in [0.2, 0.25) is 0 Å². The van der Waals surface area contributed by atoms with E-state index in [9.17, 15) is 9.59 Å². The van der Waals surface area contributed by atoms with Gasteiger partial charge in [0.15, 0.2) is 0 Å². The van der Waals surface area contributed by atoms with Gasteiger partial charge in [-0.25, -0.2) is 0 Å². The second-order valence-corrected chi connectivity index (χ2v) is 7.86. The minimum Gasteiger partial charge on any atom is -0.324 e. The van der Waals surface area contributed by atoms with Crippen LogP contribution >= 0.6 is 11.8 Å². The van der Waals surface area contributed by atoms with Crippen LogP contribution in [0.1, 0.15) is 24.5 Å². The zero-order valence-electron chi connectivity index (χ0n) is 14.7. The SMILES string of the molecule is Cc1cccc(NC(=O)CN2C(=O)C[C@H](C)Sc3ccccc32)c1C. The average molecular weight is 354 g/mol. The van der Waals surface area contributed by atoms with Crippen LogP contribution in [0.3, 0.4) is 0 Å². The van der Waals surface area contributed by atoms with E-state index in [1.54, 1.807) is 16.7 Å². The molecule has 3 rings (SSSR count). The molecule has 1 aliphatic heterocycles. The standard InChI is InChI=1S/C20H22N2O2S/c1-13-7-6-8-16(15(13)3)21-19(23)12-22-17-9-4-5-10-18(17)25-14(2)11-20(22)24/h4-10,14H,11-12H2,1-3H3,(H,21,23)/t14-/m0/s1. The third-order valence-electron chi connectivity index (χ3n) is 4.43. The predicted octanol–water partition coefficient (Wildman–Crippen LogP) is 4.16. The first-order valence-electron chi connectivity index (χ1n) is 8.38. The molecule has 0 spiro atoms. The largest absolute Gasteiger partial charge is 0.324 e. The van der Waals surface area contributed by atoms with Gasteiger partial charge in [0.05, 0.1) is 5.69 Å². The molecular weight excluding hydrogens is 332 g/mol. The lowest BCUT2D eigenvalue weighted by atomic mass is 10.1. The van der Waals surface area contributed by atoms with Crippen LogP contribution in [-0.2, 0) is 9.59 Å². The van der Waals surface area contributed by atoms with Crippen molar-refractivity contribution in [2.24, 2.45) is 0 Å². The summed E-state index contributed by atoms with van der Waals surface area (Å²) in [5.41, 5.74) is 3.78. The normalized spacial score (nSPS) is 17.0. The van der Waals surface area contributed by atoms with Gasteiger partial charge in [0, 0.05) is 22.3 Å². The van der Waals surface area contributed by atoms with Gasteiger partial charge in [0.2, 0.25) is 11.8 Å². The molecule has 0 aliphatic carbocycles. The van der Waals surface area contributed by atoms with Gasteiger partial charge in [-0.2, -0.15) is 0 Å². The van der Waals surface area contributed by atoms with Crippen LogP contribution in [0.15, 0.2) is 47.4 Å². The third-order valence-corrected chi connectivity index (χ3v) is 5.60. The van der Waals surface area contributed by atoms with Gasteiger partial charge in [-0.3, -0.25) is 9.59 Å². The Balaban J connectivity index is 1.82. The molecule has 0 radical (unpaired) electrons. The minimum atomic E-state index is -0.184. The monoisotopic (exact) mass is 354 g/mol. The van der Waals surface area contributed by atoms with Gasteiger partial charge in [-0.05, 0) is 43.2 Å². The number of thioether (sulfide) groups is 1. The van der Waals surface area contributed by atoms with Gasteiger partial charge in [-0.15, -0.1) is 11.8 Å². The van der Waals surface area contributed by atoms with Crippen molar-refractivity contribution in [3.05, 3.63) is 53.6 Å². The summed E-state index contributed by atoms with van der Waals surface area (Å²) in [4.78, 5) is 27.9. The van der Waals surface area contributed by atoms with E-state index in [0.717, 1.165) is 27.4 Å². The maximum absolute atomic E-state index is 12.6. The molecule has 1 N–H and O–H groups in total. The number of benzene rings is 2. The summed E-state index contributed by atoms with van der Waals surface area (Å²) >= 11 is 1.68. The number of hydrogen-bond donors (Lipinski definition) is 1. The number of para-hydroxylation sites is 1. The summed E-state index contributed by atoms with van der Waals surface area (Å²) in [7, 11) is 0. The van der Waals surface area contributed by atoms with Crippen molar-refractivity contribution in [1.29, 1.82) is 0 Å². The van der Waals surface area contributed by atoms with E-state index in [2.05, 4.69) is 5.32 Å². The number of nitrogens with zero attached hydrogens (tertiary/aromatic N) is 1. The number of aryl methyl sites for hydroxylation is 1. The molecule has 0 unspecified atom stereocenters. The van der Waals surface area contributed by atoms with Gasteiger partial charge in [0.1, 0.15) is 6.54 Å². The van der Waals surface area contributed by atoms with Crippen LogP contribution in [0.25, 0.3) is 0 Å². The molecule has 1 aliphatic rings. The van der Waals surface area contributed by atoms with E-state index in [1.165, 1.54) is 0 Å². The molecule has 0 saturated carbocycles. The topological polar surface area (TPSA) is 49.4 Å². The number of anilines is 2. The Labute approximate surface area is 152 Å². The highest BCUT2D eigenvalue weighted by molar-refractivity contribution is 8.00. The van der Waals surface area contributed by atoms with E-state index in [-0.39, 0.29) is 23.6 Å². The second kappa shape index (κ2) is 7.31. The van der Waals surface area contributed by atoms with Gasteiger partial charge in [0.25, 0.3) is 0 Å². The number of nitrogens with one attached hydrogen (secondary N) is 1. The van der Waals surface area contributed by atoms with Crippen molar-refractivity contribution in [2.75, 3.05) is 16.8 Å². The highest BCUT2D eigenvalue weighted by atomic mass is 32.2. The Morgan fingerprint density at radius 3 is 2.76 bits per heavy atom. The van der Waals surface area contributed by atoms with Crippen molar-refractivity contribution >= 4 is 35.0 Å². The van der Waals surface area contributed by atoms with Crippen LogP contribution in [0.5, 0.6) is 0 Å². The van der Waals surface area contributed by atoms with Crippen molar-refractivity contribution in [3.8, 4) is 0 Å². The summed E-state index contributed by atoms with van der Waals surface area (Å²) < 4.78 is 0.